The number of benzene rings is 2. The number of nitrogens with zero attached hydrogens (tertiary/aromatic N) is 2. The van der Waals surface area contributed by atoms with E-state index in [1.165, 1.54) is 0 Å². The minimum absolute atomic E-state index is 0.297. The lowest BCUT2D eigenvalue weighted by Gasteiger charge is -2.09. The first-order chi connectivity index (χ1) is 11.7. The minimum atomic E-state index is 0.297. The Morgan fingerprint density at radius 3 is 2.88 bits per heavy atom. The van der Waals surface area contributed by atoms with Gasteiger partial charge < -0.3 is 15.8 Å². The van der Waals surface area contributed by atoms with Crippen LogP contribution in [0.3, 0.4) is 0 Å². The molecule has 3 N–H and O–H groups in total. The second kappa shape index (κ2) is 7.19. The van der Waals surface area contributed by atoms with Crippen LogP contribution in [0.15, 0.2) is 59.7 Å². The Balaban J connectivity index is 1.75. The first-order valence-corrected chi connectivity index (χ1v) is 7.78. The quantitative estimate of drug-likeness (QED) is 0.559. The van der Waals surface area contributed by atoms with Gasteiger partial charge in [0.25, 0.3) is 0 Å². The van der Waals surface area contributed by atoms with Gasteiger partial charge in [-0.1, -0.05) is 35.9 Å². The van der Waals surface area contributed by atoms with Crippen LogP contribution in [-0.2, 0) is 6.54 Å². The second-order valence-electron chi connectivity index (χ2n) is 5.15. The fraction of sp³-hybridized carbons (Fsp3) is 0.111. The number of halogens is 1. The van der Waals surface area contributed by atoms with E-state index in [9.17, 15) is 0 Å². The van der Waals surface area contributed by atoms with E-state index in [0.717, 1.165) is 22.2 Å². The van der Waals surface area contributed by atoms with Gasteiger partial charge in [-0.05, 0) is 29.7 Å². The van der Waals surface area contributed by atoms with Crippen molar-refractivity contribution >= 4 is 34.0 Å². The molecule has 1 aromatic heterocycles. The summed E-state index contributed by atoms with van der Waals surface area (Å²) in [5.74, 6) is 0.906. The van der Waals surface area contributed by atoms with Crippen LogP contribution < -0.4 is 15.8 Å². The second-order valence-corrected chi connectivity index (χ2v) is 5.56. The molecule has 0 unspecified atom stereocenters. The topological polar surface area (TPSA) is 72.5 Å². The Labute approximate surface area is 145 Å². The van der Waals surface area contributed by atoms with Gasteiger partial charge in [0.2, 0.25) is 0 Å². The molecule has 0 aliphatic rings. The van der Waals surface area contributed by atoms with Crippen molar-refractivity contribution < 1.29 is 4.74 Å². The van der Waals surface area contributed by atoms with Crippen LogP contribution in [0, 0.1) is 0 Å². The lowest BCUT2D eigenvalue weighted by molar-refractivity contribution is 0.415. The highest BCUT2D eigenvalue weighted by atomic mass is 35.5. The third-order valence-corrected chi connectivity index (χ3v) is 3.87. The third-order valence-electron chi connectivity index (χ3n) is 3.58. The molecular formula is C18H17ClN4O. The Morgan fingerprint density at radius 1 is 1.25 bits per heavy atom. The molecule has 0 bridgehead atoms. The van der Waals surface area contributed by atoms with Gasteiger partial charge in [0.1, 0.15) is 5.75 Å². The number of nitrogens with two attached hydrogens (primary N) is 1. The summed E-state index contributed by atoms with van der Waals surface area (Å²) in [6, 6.07) is 15.4. The molecule has 5 nitrogen and oxygen atoms in total. The smallest absolute Gasteiger partial charge is 0.193 e. The number of guanidine groups is 1. The van der Waals surface area contributed by atoms with Crippen molar-refractivity contribution in [2.45, 2.75) is 6.54 Å². The maximum absolute atomic E-state index is 6.10. The van der Waals surface area contributed by atoms with Crippen LogP contribution >= 0.6 is 11.6 Å². The van der Waals surface area contributed by atoms with Gasteiger partial charge in [0.05, 0.1) is 24.4 Å². The summed E-state index contributed by atoms with van der Waals surface area (Å²) in [5.41, 5.74) is 7.58. The molecule has 2 aromatic carbocycles. The van der Waals surface area contributed by atoms with Crippen LogP contribution in [0.4, 0.5) is 5.69 Å². The highest BCUT2D eigenvalue weighted by Gasteiger charge is 2.04. The summed E-state index contributed by atoms with van der Waals surface area (Å²) in [5, 5.41) is 5.72. The largest absolute Gasteiger partial charge is 0.495 e. The van der Waals surface area contributed by atoms with E-state index in [-0.39, 0.29) is 0 Å². The van der Waals surface area contributed by atoms with Crippen molar-refractivity contribution in [3.8, 4) is 5.75 Å². The van der Waals surface area contributed by atoms with Gasteiger partial charge in [-0.25, -0.2) is 4.99 Å². The lowest BCUT2D eigenvalue weighted by Crippen LogP contribution is -2.22. The minimum Gasteiger partial charge on any atom is -0.495 e. The predicted octanol–water partition coefficient (Wildman–Crippen LogP) is 3.82. The number of anilines is 1. The normalized spacial score (nSPS) is 11.5. The fourth-order valence-corrected chi connectivity index (χ4v) is 2.66. The zero-order chi connectivity index (χ0) is 16.9. The summed E-state index contributed by atoms with van der Waals surface area (Å²) in [6.07, 6.45) is 1.78. The van der Waals surface area contributed by atoms with Crippen molar-refractivity contribution in [3.05, 3.63) is 65.4 Å². The molecule has 0 aliphatic heterocycles. The molecule has 24 heavy (non-hydrogen) atoms. The molecule has 122 valence electrons. The zero-order valence-electron chi connectivity index (χ0n) is 13.2. The summed E-state index contributed by atoms with van der Waals surface area (Å²) in [7, 11) is 1.57. The Hall–Kier alpha value is -2.79. The van der Waals surface area contributed by atoms with Crippen LogP contribution in [-0.4, -0.2) is 18.1 Å². The molecule has 0 spiro atoms. The Bertz CT molecular complexity index is 890. The number of aromatic nitrogens is 1. The number of pyridine rings is 1. The maximum Gasteiger partial charge on any atom is 0.193 e. The summed E-state index contributed by atoms with van der Waals surface area (Å²) >= 11 is 6.10. The first-order valence-electron chi connectivity index (χ1n) is 7.40. The first kappa shape index (κ1) is 16.1. The van der Waals surface area contributed by atoms with Gasteiger partial charge in [-0.15, -0.1) is 0 Å². The number of rotatable bonds is 4. The lowest BCUT2D eigenvalue weighted by atomic mass is 10.1. The third kappa shape index (κ3) is 3.58. The Kier molecular flexibility index (Phi) is 4.82. The van der Waals surface area contributed by atoms with Gasteiger partial charge in [0, 0.05) is 17.3 Å². The van der Waals surface area contributed by atoms with E-state index in [1.807, 2.05) is 36.4 Å². The highest BCUT2D eigenvalue weighted by Crippen LogP contribution is 2.27. The van der Waals surface area contributed by atoms with E-state index in [4.69, 9.17) is 22.1 Å². The van der Waals surface area contributed by atoms with Crippen LogP contribution in [0.2, 0.25) is 5.02 Å². The standard InChI is InChI=1S/C18H17ClN4O/c1-24-17-7-6-13(10-15(17)19)23-18(20)22-11-16-14-5-3-2-4-12(14)8-9-21-16/h2-10H,11H2,1H3,(H3,20,22,23). The molecule has 3 rings (SSSR count). The molecule has 0 atom stereocenters. The molecule has 0 aliphatic carbocycles. The van der Waals surface area contributed by atoms with E-state index in [2.05, 4.69) is 15.3 Å². The van der Waals surface area contributed by atoms with Crippen molar-refractivity contribution in [2.75, 3.05) is 12.4 Å². The predicted molar refractivity (Wildman–Crippen MR) is 98.7 cm³/mol. The van der Waals surface area contributed by atoms with Gasteiger partial charge >= 0.3 is 0 Å². The van der Waals surface area contributed by atoms with Crippen molar-refractivity contribution in [1.82, 2.24) is 4.98 Å². The van der Waals surface area contributed by atoms with Crippen molar-refractivity contribution in [2.24, 2.45) is 10.7 Å². The number of hydrogen-bond donors (Lipinski definition) is 2. The van der Waals surface area contributed by atoms with Gasteiger partial charge in [-0.3, -0.25) is 4.98 Å². The van der Waals surface area contributed by atoms with E-state index in [0.29, 0.717) is 23.3 Å². The summed E-state index contributed by atoms with van der Waals surface area (Å²) in [6.45, 7) is 0.393. The molecule has 0 saturated carbocycles. The molecule has 0 radical (unpaired) electrons. The van der Waals surface area contributed by atoms with Crippen molar-refractivity contribution in [3.63, 3.8) is 0 Å². The summed E-state index contributed by atoms with van der Waals surface area (Å²) < 4.78 is 5.12. The molecule has 6 heteroatoms. The molecule has 0 fully saturated rings. The molecule has 3 aromatic rings. The maximum atomic E-state index is 6.10. The molecular weight excluding hydrogens is 324 g/mol. The number of nitrogens with one attached hydrogen (secondary N) is 1. The Morgan fingerprint density at radius 2 is 2.08 bits per heavy atom. The van der Waals surface area contributed by atoms with E-state index >= 15 is 0 Å². The number of ether oxygens (including phenoxy) is 1. The van der Waals surface area contributed by atoms with E-state index in [1.54, 1.807) is 25.4 Å². The SMILES string of the molecule is COc1ccc(NC(N)=NCc2nccc3ccccc23)cc1Cl. The number of fused-ring (bicyclic) bond motifs is 1. The molecule has 1 heterocycles. The van der Waals surface area contributed by atoms with Crippen LogP contribution in [0.1, 0.15) is 5.69 Å². The van der Waals surface area contributed by atoms with Crippen LogP contribution in [0.25, 0.3) is 10.8 Å². The monoisotopic (exact) mass is 340 g/mol. The van der Waals surface area contributed by atoms with Gasteiger partial charge in [-0.2, -0.15) is 0 Å². The molecule has 0 amide bonds. The number of hydrogen-bond acceptors (Lipinski definition) is 3. The van der Waals surface area contributed by atoms with E-state index < -0.39 is 0 Å². The van der Waals surface area contributed by atoms with Crippen molar-refractivity contribution in [1.29, 1.82) is 0 Å². The van der Waals surface area contributed by atoms with Gasteiger partial charge in [0.15, 0.2) is 5.96 Å². The number of methoxy groups -OCH3 is 1. The average molecular weight is 341 g/mol. The zero-order valence-corrected chi connectivity index (χ0v) is 13.9. The summed E-state index contributed by atoms with van der Waals surface area (Å²) in [4.78, 5) is 8.75. The van der Waals surface area contributed by atoms with Crippen LogP contribution in [0.5, 0.6) is 5.75 Å². The molecule has 0 saturated heterocycles. The average Bonchev–Trinajstić information content (AvgIpc) is 2.60. The number of aliphatic imine (C=N–C) groups is 1. The fourth-order valence-electron chi connectivity index (χ4n) is 2.40. The highest BCUT2D eigenvalue weighted by molar-refractivity contribution is 6.32.